The van der Waals surface area contributed by atoms with Crippen molar-refractivity contribution in [2.24, 2.45) is 5.41 Å². The van der Waals surface area contributed by atoms with Crippen LogP contribution in [0.5, 0.6) is 0 Å². The molecule has 0 heterocycles. The van der Waals surface area contributed by atoms with Gasteiger partial charge in [-0.25, -0.2) is 9.59 Å². The quantitative estimate of drug-likeness (QED) is 0.767. The number of ether oxygens (including phenoxy) is 1. The molecule has 1 unspecified atom stereocenters. The summed E-state index contributed by atoms with van der Waals surface area (Å²) in [6, 6.07) is 0. The Labute approximate surface area is 113 Å². The van der Waals surface area contributed by atoms with E-state index in [4.69, 9.17) is 4.74 Å². The monoisotopic (exact) mass is 267 g/mol. The van der Waals surface area contributed by atoms with E-state index in [1.54, 1.807) is 0 Å². The fraction of sp³-hybridized carbons (Fsp3) is 0.714. The standard InChI is InChI=1S/C14H21NO4/c1-2-10-19-12(18)15-14(11(16)17)9-5-8-13(14)6-3-4-7-13/h2H,1,3-10H2,(H,15,18)(H,16,17). The molecule has 2 rings (SSSR count). The van der Waals surface area contributed by atoms with Crippen LogP contribution in [0.4, 0.5) is 4.79 Å². The molecule has 2 aliphatic rings. The minimum Gasteiger partial charge on any atom is -0.479 e. The van der Waals surface area contributed by atoms with Crippen molar-refractivity contribution in [3.8, 4) is 0 Å². The largest absolute Gasteiger partial charge is 0.479 e. The fourth-order valence-electron chi connectivity index (χ4n) is 3.83. The van der Waals surface area contributed by atoms with Crippen LogP contribution in [0.1, 0.15) is 44.9 Å². The third-order valence-corrected chi connectivity index (χ3v) is 4.69. The molecule has 1 spiro atoms. The van der Waals surface area contributed by atoms with E-state index in [2.05, 4.69) is 11.9 Å². The Morgan fingerprint density at radius 2 is 1.84 bits per heavy atom. The van der Waals surface area contributed by atoms with Crippen LogP contribution in [0.25, 0.3) is 0 Å². The molecule has 0 radical (unpaired) electrons. The molecule has 0 saturated heterocycles. The second-order valence-corrected chi connectivity index (χ2v) is 5.56. The van der Waals surface area contributed by atoms with Gasteiger partial charge in [0.2, 0.25) is 0 Å². The number of alkyl carbamates (subject to hydrolysis) is 1. The summed E-state index contributed by atoms with van der Waals surface area (Å²) in [5, 5.41) is 12.3. The first-order valence-corrected chi connectivity index (χ1v) is 6.86. The van der Waals surface area contributed by atoms with Gasteiger partial charge < -0.3 is 15.2 Å². The average Bonchev–Trinajstić information content (AvgIpc) is 2.97. The van der Waals surface area contributed by atoms with Crippen molar-refractivity contribution in [2.45, 2.75) is 50.5 Å². The predicted molar refractivity (Wildman–Crippen MR) is 69.8 cm³/mol. The molecule has 106 valence electrons. The first-order chi connectivity index (χ1) is 9.06. The molecule has 0 aliphatic heterocycles. The predicted octanol–water partition coefficient (Wildman–Crippen LogP) is 2.47. The molecule has 1 atom stereocenters. The summed E-state index contributed by atoms with van der Waals surface area (Å²) < 4.78 is 4.90. The lowest BCUT2D eigenvalue weighted by Crippen LogP contribution is -2.61. The van der Waals surface area contributed by atoms with Gasteiger partial charge >= 0.3 is 12.1 Å². The Hall–Kier alpha value is -1.52. The van der Waals surface area contributed by atoms with E-state index in [1.807, 2.05) is 0 Å². The zero-order chi connectivity index (χ0) is 13.9. The fourth-order valence-corrected chi connectivity index (χ4v) is 3.83. The summed E-state index contributed by atoms with van der Waals surface area (Å²) >= 11 is 0. The Morgan fingerprint density at radius 3 is 2.42 bits per heavy atom. The molecule has 2 aliphatic carbocycles. The maximum Gasteiger partial charge on any atom is 0.408 e. The van der Waals surface area contributed by atoms with Crippen molar-refractivity contribution in [3.63, 3.8) is 0 Å². The van der Waals surface area contributed by atoms with Crippen molar-refractivity contribution >= 4 is 12.1 Å². The lowest BCUT2D eigenvalue weighted by molar-refractivity contribution is -0.149. The summed E-state index contributed by atoms with van der Waals surface area (Å²) in [4.78, 5) is 23.6. The number of nitrogens with one attached hydrogen (secondary N) is 1. The molecule has 5 nitrogen and oxygen atoms in total. The highest BCUT2D eigenvalue weighted by molar-refractivity contribution is 5.86. The molecule has 2 fully saturated rings. The molecule has 0 bridgehead atoms. The van der Waals surface area contributed by atoms with Crippen molar-refractivity contribution in [2.75, 3.05) is 6.61 Å². The summed E-state index contributed by atoms with van der Waals surface area (Å²) in [6.07, 6.45) is 6.85. The smallest absolute Gasteiger partial charge is 0.408 e. The van der Waals surface area contributed by atoms with Gasteiger partial charge in [0.1, 0.15) is 12.1 Å². The first kappa shape index (κ1) is 13.9. The highest BCUT2D eigenvalue weighted by Crippen LogP contribution is 2.56. The van der Waals surface area contributed by atoms with Crippen LogP contribution in [-0.4, -0.2) is 29.3 Å². The van der Waals surface area contributed by atoms with Crippen LogP contribution in [0.3, 0.4) is 0 Å². The number of hydrogen-bond donors (Lipinski definition) is 2. The van der Waals surface area contributed by atoms with Gasteiger partial charge in [0, 0.05) is 5.41 Å². The second-order valence-electron chi connectivity index (χ2n) is 5.56. The highest BCUT2D eigenvalue weighted by Gasteiger charge is 2.61. The maximum atomic E-state index is 11.8. The number of carbonyl (C=O) groups excluding carboxylic acids is 1. The van der Waals surface area contributed by atoms with Gasteiger partial charge in [-0.15, -0.1) is 0 Å². The SMILES string of the molecule is C=CCOC(=O)NC1(C(=O)O)CCCC12CCCC2. The molecule has 19 heavy (non-hydrogen) atoms. The normalized spacial score (nSPS) is 28.2. The summed E-state index contributed by atoms with van der Waals surface area (Å²) in [6.45, 7) is 3.56. The third kappa shape index (κ3) is 2.22. The molecule has 0 aromatic rings. The molecule has 0 aromatic carbocycles. The summed E-state index contributed by atoms with van der Waals surface area (Å²) in [7, 11) is 0. The second kappa shape index (κ2) is 5.23. The third-order valence-electron chi connectivity index (χ3n) is 4.69. The number of carboxylic acids is 1. The lowest BCUT2D eigenvalue weighted by Gasteiger charge is -2.40. The van der Waals surface area contributed by atoms with Crippen molar-refractivity contribution in [1.29, 1.82) is 0 Å². The van der Waals surface area contributed by atoms with Crippen LogP contribution in [0.15, 0.2) is 12.7 Å². The Kier molecular flexibility index (Phi) is 3.83. The first-order valence-electron chi connectivity index (χ1n) is 6.86. The lowest BCUT2D eigenvalue weighted by atomic mass is 9.70. The zero-order valence-corrected chi connectivity index (χ0v) is 11.1. The van der Waals surface area contributed by atoms with E-state index in [0.717, 1.165) is 38.5 Å². The highest BCUT2D eigenvalue weighted by atomic mass is 16.5. The number of carbonyl (C=O) groups is 2. The van der Waals surface area contributed by atoms with E-state index in [0.29, 0.717) is 6.42 Å². The summed E-state index contributed by atoms with van der Waals surface area (Å²) in [5.41, 5.74) is -1.44. The number of amides is 1. The van der Waals surface area contributed by atoms with Crippen molar-refractivity contribution in [3.05, 3.63) is 12.7 Å². The maximum absolute atomic E-state index is 11.8. The summed E-state index contributed by atoms with van der Waals surface area (Å²) in [5.74, 6) is -0.928. The van der Waals surface area contributed by atoms with E-state index >= 15 is 0 Å². The van der Waals surface area contributed by atoms with Gasteiger partial charge in [0.15, 0.2) is 0 Å². The zero-order valence-electron chi connectivity index (χ0n) is 11.1. The van der Waals surface area contributed by atoms with E-state index in [9.17, 15) is 14.7 Å². The van der Waals surface area contributed by atoms with Crippen LogP contribution >= 0.6 is 0 Å². The van der Waals surface area contributed by atoms with Crippen molar-refractivity contribution in [1.82, 2.24) is 5.32 Å². The molecular weight excluding hydrogens is 246 g/mol. The van der Waals surface area contributed by atoms with Gasteiger partial charge in [0.25, 0.3) is 0 Å². The molecular formula is C14H21NO4. The minimum atomic E-state index is -1.15. The Balaban J connectivity index is 2.20. The van der Waals surface area contributed by atoms with Crippen LogP contribution < -0.4 is 5.32 Å². The van der Waals surface area contributed by atoms with E-state index < -0.39 is 17.6 Å². The molecule has 1 amide bonds. The number of aliphatic carboxylic acids is 1. The van der Waals surface area contributed by atoms with E-state index in [1.165, 1.54) is 6.08 Å². The van der Waals surface area contributed by atoms with Crippen LogP contribution in [0, 0.1) is 5.41 Å². The topological polar surface area (TPSA) is 75.6 Å². The minimum absolute atomic E-state index is 0.0918. The number of hydrogen-bond acceptors (Lipinski definition) is 3. The van der Waals surface area contributed by atoms with Gasteiger partial charge in [-0.1, -0.05) is 25.5 Å². The van der Waals surface area contributed by atoms with Gasteiger partial charge in [0.05, 0.1) is 0 Å². The Bertz CT molecular complexity index is 381. The molecule has 0 aromatic heterocycles. The van der Waals surface area contributed by atoms with E-state index in [-0.39, 0.29) is 12.0 Å². The van der Waals surface area contributed by atoms with Gasteiger partial charge in [-0.2, -0.15) is 0 Å². The van der Waals surface area contributed by atoms with Crippen molar-refractivity contribution < 1.29 is 19.4 Å². The van der Waals surface area contributed by atoms with Crippen LogP contribution in [0.2, 0.25) is 0 Å². The van der Waals surface area contributed by atoms with Gasteiger partial charge in [-0.05, 0) is 32.1 Å². The van der Waals surface area contributed by atoms with Crippen LogP contribution in [-0.2, 0) is 9.53 Å². The molecule has 2 saturated carbocycles. The average molecular weight is 267 g/mol. The Morgan fingerprint density at radius 1 is 1.21 bits per heavy atom. The number of carboxylic acid groups (broad SMARTS) is 1. The molecule has 5 heteroatoms. The molecule has 2 N–H and O–H groups in total. The number of rotatable bonds is 4. The van der Waals surface area contributed by atoms with Gasteiger partial charge in [-0.3, -0.25) is 0 Å².